The molecule has 2 aliphatic rings. The maximum absolute atomic E-state index is 13.0. The molecule has 0 spiro atoms. The average Bonchev–Trinajstić information content (AvgIpc) is 2.78. The molecule has 33 heavy (non-hydrogen) atoms. The number of nitrogens with one attached hydrogen (secondary N) is 2. The van der Waals surface area contributed by atoms with Crippen LogP contribution in [0.5, 0.6) is 0 Å². The van der Waals surface area contributed by atoms with Crippen molar-refractivity contribution in [3.8, 4) is 0 Å². The molecule has 1 aromatic carbocycles. The normalized spacial score (nSPS) is 20.2. The molecule has 2 N–H and O–H groups in total. The third-order valence-electron chi connectivity index (χ3n) is 6.18. The summed E-state index contributed by atoms with van der Waals surface area (Å²) in [5, 5.41) is 5.15. The number of halogens is 3. The van der Waals surface area contributed by atoms with Crippen LogP contribution >= 0.6 is 0 Å². The number of sulfonamides is 1. The Labute approximate surface area is 191 Å². The van der Waals surface area contributed by atoms with Crippen LogP contribution in [0.3, 0.4) is 0 Å². The number of piperazine rings is 1. The van der Waals surface area contributed by atoms with Crippen molar-refractivity contribution in [2.45, 2.75) is 62.2 Å². The Morgan fingerprint density at radius 2 is 1.70 bits per heavy atom. The zero-order valence-electron chi connectivity index (χ0n) is 18.4. The minimum atomic E-state index is -4.64. The van der Waals surface area contributed by atoms with Gasteiger partial charge in [-0.15, -0.1) is 0 Å². The van der Waals surface area contributed by atoms with Gasteiger partial charge in [0.05, 0.1) is 16.5 Å². The lowest BCUT2D eigenvalue weighted by molar-refractivity contribution is -0.137. The summed E-state index contributed by atoms with van der Waals surface area (Å²) in [4.78, 5) is 25.9. The topological polar surface area (TPSA) is 98.8 Å². The molecule has 184 valence electrons. The Bertz CT molecular complexity index is 957. The van der Waals surface area contributed by atoms with Crippen molar-refractivity contribution < 1.29 is 31.2 Å². The quantitative estimate of drug-likeness (QED) is 0.661. The SMILES string of the molecule is CC(C(=O)NC(=O)NC1CCCCC1)N1CCN(S(=O)(=O)c2cccc(C(F)(F)F)c2)CC1. The Morgan fingerprint density at radius 3 is 2.30 bits per heavy atom. The predicted molar refractivity (Wildman–Crippen MR) is 115 cm³/mol. The first-order chi connectivity index (χ1) is 15.5. The zero-order valence-corrected chi connectivity index (χ0v) is 19.2. The fourth-order valence-electron chi connectivity index (χ4n) is 4.16. The number of carbonyl (C=O) groups excluding carboxylic acids is 2. The zero-order chi connectivity index (χ0) is 24.2. The second-order valence-electron chi connectivity index (χ2n) is 8.44. The molecular formula is C21H29F3N4O4S. The molecule has 3 amide bonds. The number of rotatable bonds is 5. The van der Waals surface area contributed by atoms with Gasteiger partial charge in [0.25, 0.3) is 0 Å². The molecule has 1 aliphatic heterocycles. The molecule has 8 nitrogen and oxygen atoms in total. The highest BCUT2D eigenvalue weighted by Crippen LogP contribution is 2.31. The van der Waals surface area contributed by atoms with E-state index in [-0.39, 0.29) is 32.2 Å². The summed E-state index contributed by atoms with van der Waals surface area (Å²) in [5.74, 6) is -0.488. The number of hydrogen-bond acceptors (Lipinski definition) is 5. The highest BCUT2D eigenvalue weighted by atomic mass is 32.2. The first kappa shape index (κ1) is 25.4. The number of nitrogens with zero attached hydrogens (tertiary/aromatic N) is 2. The van der Waals surface area contributed by atoms with Crippen molar-refractivity contribution in [1.82, 2.24) is 19.8 Å². The minimum absolute atomic E-state index is 0.0183. The second-order valence-corrected chi connectivity index (χ2v) is 10.4. The van der Waals surface area contributed by atoms with E-state index in [2.05, 4.69) is 10.6 Å². The molecule has 1 atom stereocenters. The van der Waals surface area contributed by atoms with Gasteiger partial charge >= 0.3 is 12.2 Å². The molecular weight excluding hydrogens is 461 g/mol. The van der Waals surface area contributed by atoms with Crippen LogP contribution in [0.2, 0.25) is 0 Å². The Hall–Kier alpha value is -2.18. The maximum atomic E-state index is 13.0. The first-order valence-electron chi connectivity index (χ1n) is 11.0. The summed E-state index contributed by atoms with van der Waals surface area (Å²) in [6.45, 7) is 2.07. The van der Waals surface area contributed by atoms with Gasteiger partial charge in [-0.3, -0.25) is 15.0 Å². The average molecular weight is 491 g/mol. The largest absolute Gasteiger partial charge is 0.416 e. The predicted octanol–water partition coefficient (Wildman–Crippen LogP) is 2.56. The van der Waals surface area contributed by atoms with Gasteiger partial charge in [-0.1, -0.05) is 25.3 Å². The molecule has 2 fully saturated rings. The highest BCUT2D eigenvalue weighted by Gasteiger charge is 2.35. The third kappa shape index (κ3) is 6.45. The smallest absolute Gasteiger partial charge is 0.335 e. The lowest BCUT2D eigenvalue weighted by atomic mass is 9.96. The van der Waals surface area contributed by atoms with Crippen LogP contribution in [0.1, 0.15) is 44.6 Å². The summed E-state index contributed by atoms with van der Waals surface area (Å²) in [6.07, 6.45) is 0.367. The Balaban J connectivity index is 1.54. The number of carbonyl (C=O) groups is 2. The van der Waals surface area contributed by atoms with Crippen molar-refractivity contribution in [3.63, 3.8) is 0 Å². The molecule has 0 bridgehead atoms. The third-order valence-corrected chi connectivity index (χ3v) is 8.07. The molecule has 12 heteroatoms. The summed E-state index contributed by atoms with van der Waals surface area (Å²) in [6, 6.07) is 2.51. The van der Waals surface area contributed by atoms with Gasteiger partial charge in [-0.05, 0) is 38.0 Å². The second kappa shape index (κ2) is 10.4. The van der Waals surface area contributed by atoms with E-state index in [1.165, 1.54) is 0 Å². The number of alkyl halides is 3. The van der Waals surface area contributed by atoms with E-state index in [1.54, 1.807) is 11.8 Å². The van der Waals surface area contributed by atoms with Gasteiger partial charge in [0.1, 0.15) is 0 Å². The summed E-state index contributed by atoms with van der Waals surface area (Å²) in [7, 11) is -4.11. The molecule has 1 heterocycles. The lowest BCUT2D eigenvalue weighted by Gasteiger charge is -2.36. The van der Waals surface area contributed by atoms with Gasteiger partial charge in [0.15, 0.2) is 0 Å². The number of urea groups is 1. The number of benzene rings is 1. The van der Waals surface area contributed by atoms with Crippen molar-refractivity contribution >= 4 is 22.0 Å². The van der Waals surface area contributed by atoms with E-state index < -0.39 is 44.6 Å². The molecule has 1 aliphatic carbocycles. The molecule has 1 saturated heterocycles. The van der Waals surface area contributed by atoms with Crippen LogP contribution < -0.4 is 10.6 Å². The molecule has 1 aromatic rings. The maximum Gasteiger partial charge on any atom is 0.416 e. The van der Waals surface area contributed by atoms with Gasteiger partial charge < -0.3 is 5.32 Å². The molecule has 0 aromatic heterocycles. The van der Waals surface area contributed by atoms with Crippen LogP contribution in [0, 0.1) is 0 Å². The van der Waals surface area contributed by atoms with Crippen LogP contribution in [0.15, 0.2) is 29.2 Å². The summed E-state index contributed by atoms with van der Waals surface area (Å²) in [5.41, 5.74) is -1.03. The monoisotopic (exact) mass is 490 g/mol. The van der Waals surface area contributed by atoms with Gasteiger partial charge in [-0.25, -0.2) is 13.2 Å². The Kier molecular flexibility index (Phi) is 8.01. The minimum Gasteiger partial charge on any atom is -0.335 e. The van der Waals surface area contributed by atoms with Crippen molar-refractivity contribution in [2.24, 2.45) is 0 Å². The molecule has 3 rings (SSSR count). The van der Waals surface area contributed by atoms with Gasteiger partial charge in [0, 0.05) is 32.2 Å². The van der Waals surface area contributed by atoms with E-state index in [9.17, 15) is 31.2 Å². The first-order valence-corrected chi connectivity index (χ1v) is 12.5. The standard InChI is InChI=1S/C21H29F3N4O4S/c1-15(19(29)26-20(30)25-17-7-3-2-4-8-17)27-10-12-28(13-11-27)33(31,32)18-9-5-6-16(14-18)21(22,23)24/h5-6,9,14-15,17H,2-4,7-8,10-13H2,1H3,(H2,25,26,29,30). The highest BCUT2D eigenvalue weighted by molar-refractivity contribution is 7.89. The van der Waals surface area contributed by atoms with Gasteiger partial charge in [-0.2, -0.15) is 17.5 Å². The molecule has 1 saturated carbocycles. The van der Waals surface area contributed by atoms with E-state index in [1.807, 2.05) is 0 Å². The van der Waals surface area contributed by atoms with Crippen LogP contribution in [0.25, 0.3) is 0 Å². The van der Waals surface area contributed by atoms with Crippen molar-refractivity contribution in [3.05, 3.63) is 29.8 Å². The molecule has 0 radical (unpaired) electrons. The van der Waals surface area contributed by atoms with E-state index in [0.29, 0.717) is 6.07 Å². The van der Waals surface area contributed by atoms with Crippen molar-refractivity contribution in [1.29, 1.82) is 0 Å². The van der Waals surface area contributed by atoms with Crippen LogP contribution in [-0.2, 0) is 21.0 Å². The van der Waals surface area contributed by atoms with Crippen LogP contribution in [-0.4, -0.2) is 67.8 Å². The fourth-order valence-corrected chi connectivity index (χ4v) is 5.63. The number of imide groups is 1. The van der Waals surface area contributed by atoms with E-state index >= 15 is 0 Å². The summed E-state index contributed by atoms with van der Waals surface area (Å²) < 4.78 is 65.6. The number of amides is 3. The van der Waals surface area contributed by atoms with E-state index in [0.717, 1.165) is 54.6 Å². The summed E-state index contributed by atoms with van der Waals surface area (Å²) >= 11 is 0. The van der Waals surface area contributed by atoms with E-state index in [4.69, 9.17) is 0 Å². The van der Waals surface area contributed by atoms with Crippen molar-refractivity contribution in [2.75, 3.05) is 26.2 Å². The molecule has 1 unspecified atom stereocenters. The lowest BCUT2D eigenvalue weighted by Crippen LogP contribution is -2.56. The fraction of sp³-hybridized carbons (Fsp3) is 0.619. The van der Waals surface area contributed by atoms with Gasteiger partial charge in [0.2, 0.25) is 15.9 Å². The number of hydrogen-bond donors (Lipinski definition) is 2. The van der Waals surface area contributed by atoms with Crippen LogP contribution in [0.4, 0.5) is 18.0 Å². The Morgan fingerprint density at radius 1 is 1.06 bits per heavy atom.